The monoisotopic (exact) mass is 553 g/mol. The number of carbonyl (C=O) groups is 3. The van der Waals surface area contributed by atoms with Gasteiger partial charge >= 0.3 is 0 Å². The quantitative estimate of drug-likeness (QED) is 0.360. The Morgan fingerprint density at radius 1 is 1.15 bits per heavy atom. The third kappa shape index (κ3) is 6.51. The van der Waals surface area contributed by atoms with Crippen LogP contribution in [0.15, 0.2) is 42.6 Å². The van der Waals surface area contributed by atoms with E-state index in [1.807, 2.05) is 18.2 Å². The van der Waals surface area contributed by atoms with Crippen molar-refractivity contribution in [3.05, 3.63) is 70.7 Å². The number of aryl methyl sites for hydroxylation is 1. The number of ketones is 1. The normalized spacial score (nSPS) is 17.6. The molecule has 9 heteroatoms. The molecule has 1 aliphatic rings. The fraction of sp³-hybridized carbons (Fsp3) is 0.367. The molecule has 3 aromatic rings. The van der Waals surface area contributed by atoms with E-state index in [0.717, 1.165) is 5.56 Å². The standard InChI is InChI=1S/C30H33F2N3O3S/c1-19-7-6-8-22(29(19)32)15-33-30(38)27-14-23(31)16-35(27)28(37)18-34-17-25(20(2)36)24-10-9-21(13-26(24)34)11-12-39(3,4)5/h6-10,13,17,23,27H,14-16,18H2,1-5H3,(H,33,38)/t23-,27+/m1/s1. The van der Waals surface area contributed by atoms with Crippen molar-refractivity contribution in [2.45, 2.75) is 45.6 Å². The second-order valence-electron chi connectivity index (χ2n) is 10.7. The average molecular weight is 554 g/mol. The maximum absolute atomic E-state index is 14.5. The smallest absolute Gasteiger partial charge is 0.243 e. The molecule has 2 atom stereocenters. The zero-order valence-corrected chi connectivity index (χ0v) is 23.6. The molecule has 1 fully saturated rings. The lowest BCUT2D eigenvalue weighted by molar-refractivity contribution is -0.139. The molecule has 1 aromatic heterocycles. The van der Waals surface area contributed by atoms with Crippen LogP contribution in [0.1, 0.15) is 40.4 Å². The SMILES string of the molecule is CC(=O)c1cn(CC(=O)N2C[C@H](F)C[C@H]2C(=O)NCc2cccc(C)c2F)c2cc(C#CS(C)(C)C)ccc12. The van der Waals surface area contributed by atoms with Gasteiger partial charge in [0.25, 0.3) is 0 Å². The number of fused-ring (bicyclic) bond motifs is 1. The Hall–Kier alpha value is -3.64. The fourth-order valence-corrected chi connectivity index (χ4v) is 5.11. The third-order valence-electron chi connectivity index (χ3n) is 6.67. The molecular weight excluding hydrogens is 520 g/mol. The first kappa shape index (κ1) is 28.4. The highest BCUT2D eigenvalue weighted by Gasteiger charge is 2.39. The van der Waals surface area contributed by atoms with Crippen molar-refractivity contribution in [1.82, 2.24) is 14.8 Å². The highest BCUT2D eigenvalue weighted by Crippen LogP contribution is 2.32. The van der Waals surface area contributed by atoms with Crippen LogP contribution in [-0.4, -0.2) is 64.6 Å². The number of Topliss-reactive ketones (excluding diaryl/α,β-unsaturated/α-hetero) is 1. The van der Waals surface area contributed by atoms with Gasteiger partial charge in [-0.2, -0.15) is 10.0 Å². The summed E-state index contributed by atoms with van der Waals surface area (Å²) in [6.45, 7) is 2.65. The first-order valence-corrected chi connectivity index (χ1v) is 15.5. The lowest BCUT2D eigenvalue weighted by Gasteiger charge is -2.24. The second kappa shape index (κ2) is 11.2. The van der Waals surface area contributed by atoms with E-state index in [1.54, 1.807) is 35.9 Å². The van der Waals surface area contributed by atoms with Gasteiger partial charge in [0.15, 0.2) is 5.78 Å². The molecule has 1 N–H and O–H groups in total. The van der Waals surface area contributed by atoms with E-state index in [1.165, 1.54) is 11.8 Å². The van der Waals surface area contributed by atoms with Crippen LogP contribution in [0.25, 0.3) is 10.9 Å². The molecule has 0 radical (unpaired) electrons. The van der Waals surface area contributed by atoms with Crippen molar-refractivity contribution in [3.63, 3.8) is 0 Å². The number of hydrogen-bond acceptors (Lipinski definition) is 3. The minimum absolute atomic E-state index is 0.0634. The molecule has 0 bridgehead atoms. The maximum atomic E-state index is 14.5. The summed E-state index contributed by atoms with van der Waals surface area (Å²) in [5.41, 5.74) is 2.67. The topological polar surface area (TPSA) is 71.4 Å². The van der Waals surface area contributed by atoms with Gasteiger partial charge in [0.1, 0.15) is 24.6 Å². The summed E-state index contributed by atoms with van der Waals surface area (Å²) in [4.78, 5) is 39.9. The largest absolute Gasteiger partial charge is 0.350 e. The number of halogens is 2. The van der Waals surface area contributed by atoms with Gasteiger partial charge in [0, 0.05) is 41.2 Å². The molecule has 0 saturated carbocycles. The minimum atomic E-state index is -1.35. The van der Waals surface area contributed by atoms with Crippen LogP contribution in [0.5, 0.6) is 0 Å². The van der Waals surface area contributed by atoms with Crippen molar-refractivity contribution in [1.29, 1.82) is 0 Å². The average Bonchev–Trinajstić information content (AvgIpc) is 3.43. The van der Waals surface area contributed by atoms with Gasteiger partial charge in [-0.3, -0.25) is 14.4 Å². The fourth-order valence-electron chi connectivity index (χ4n) is 4.68. The Morgan fingerprint density at radius 2 is 1.90 bits per heavy atom. The molecule has 2 amide bonds. The number of likely N-dealkylation sites (tertiary alicyclic amines) is 1. The van der Waals surface area contributed by atoms with Crippen molar-refractivity contribution >= 4 is 38.5 Å². The first-order valence-electron chi connectivity index (χ1n) is 12.6. The lowest BCUT2D eigenvalue weighted by atomic mass is 10.1. The van der Waals surface area contributed by atoms with E-state index in [9.17, 15) is 23.2 Å². The summed E-state index contributed by atoms with van der Waals surface area (Å²) >= 11 is 0. The number of alkyl halides is 1. The van der Waals surface area contributed by atoms with Crippen LogP contribution in [0.3, 0.4) is 0 Å². The zero-order valence-electron chi connectivity index (χ0n) is 22.8. The van der Waals surface area contributed by atoms with E-state index in [2.05, 4.69) is 35.3 Å². The predicted octanol–water partition coefficient (Wildman–Crippen LogP) is 4.55. The van der Waals surface area contributed by atoms with Crippen molar-refractivity contribution in [2.24, 2.45) is 0 Å². The molecule has 0 aliphatic carbocycles. The maximum Gasteiger partial charge on any atom is 0.243 e. The van der Waals surface area contributed by atoms with Gasteiger partial charge in [-0.05, 0) is 55.6 Å². The summed E-state index contributed by atoms with van der Waals surface area (Å²) in [7, 11) is -1.05. The lowest BCUT2D eigenvalue weighted by Crippen LogP contribution is -2.46. The molecule has 2 heterocycles. The summed E-state index contributed by atoms with van der Waals surface area (Å²) in [5.74, 6) is 1.65. The number of hydrogen-bond donors (Lipinski definition) is 1. The second-order valence-corrected chi connectivity index (χ2v) is 14.6. The number of aromatic nitrogens is 1. The molecule has 4 rings (SSSR count). The van der Waals surface area contributed by atoms with Gasteiger partial charge in [0.2, 0.25) is 11.8 Å². The van der Waals surface area contributed by atoms with E-state index < -0.39 is 39.9 Å². The molecule has 1 aliphatic heterocycles. The number of rotatable bonds is 6. The van der Waals surface area contributed by atoms with E-state index in [4.69, 9.17) is 0 Å². The van der Waals surface area contributed by atoms with E-state index in [0.29, 0.717) is 27.6 Å². The summed E-state index contributed by atoms with van der Waals surface area (Å²) < 4.78 is 30.5. The van der Waals surface area contributed by atoms with Crippen LogP contribution in [0.2, 0.25) is 0 Å². The molecule has 0 unspecified atom stereocenters. The highest BCUT2D eigenvalue weighted by molar-refractivity contribution is 8.35. The summed E-state index contributed by atoms with van der Waals surface area (Å²) in [6.07, 6.45) is 6.41. The van der Waals surface area contributed by atoms with Crippen molar-refractivity contribution in [3.8, 4) is 11.2 Å². The van der Waals surface area contributed by atoms with Crippen LogP contribution >= 0.6 is 10.0 Å². The van der Waals surface area contributed by atoms with Crippen molar-refractivity contribution in [2.75, 3.05) is 25.3 Å². The number of benzene rings is 2. The Morgan fingerprint density at radius 3 is 2.59 bits per heavy atom. The molecule has 39 heavy (non-hydrogen) atoms. The highest BCUT2D eigenvalue weighted by atomic mass is 32.3. The van der Waals surface area contributed by atoms with E-state index >= 15 is 0 Å². The molecule has 6 nitrogen and oxygen atoms in total. The number of nitrogens with one attached hydrogen (secondary N) is 1. The Bertz CT molecular complexity index is 1510. The number of carbonyl (C=O) groups excluding carboxylic acids is 3. The molecule has 206 valence electrons. The van der Waals surface area contributed by atoms with Gasteiger partial charge < -0.3 is 14.8 Å². The predicted molar refractivity (Wildman–Crippen MR) is 152 cm³/mol. The molecule has 1 saturated heterocycles. The van der Waals surface area contributed by atoms with Crippen LogP contribution in [0.4, 0.5) is 8.78 Å². The summed E-state index contributed by atoms with van der Waals surface area (Å²) in [6, 6.07) is 9.41. The van der Waals surface area contributed by atoms with Gasteiger partial charge in [0.05, 0.1) is 12.1 Å². The first-order chi connectivity index (χ1) is 18.3. The van der Waals surface area contributed by atoms with Crippen LogP contribution in [0, 0.1) is 23.9 Å². The van der Waals surface area contributed by atoms with Crippen molar-refractivity contribution < 1.29 is 23.2 Å². The van der Waals surface area contributed by atoms with Gasteiger partial charge in [-0.15, -0.1) is 0 Å². The van der Waals surface area contributed by atoms with Crippen LogP contribution in [-0.2, 0) is 22.7 Å². The molecule has 2 aromatic carbocycles. The minimum Gasteiger partial charge on any atom is -0.350 e. The zero-order chi connectivity index (χ0) is 28.5. The Kier molecular flexibility index (Phi) is 8.17. The molecule has 0 spiro atoms. The Labute approximate surface area is 229 Å². The van der Waals surface area contributed by atoms with Gasteiger partial charge in [-0.25, -0.2) is 8.78 Å². The van der Waals surface area contributed by atoms with E-state index in [-0.39, 0.29) is 31.8 Å². The number of nitrogens with zero attached hydrogens (tertiary/aromatic N) is 2. The van der Waals surface area contributed by atoms with Gasteiger partial charge in [-0.1, -0.05) is 30.2 Å². The Balaban J connectivity index is 1.57. The number of amides is 2. The molecular formula is C30H33F2N3O3S. The summed E-state index contributed by atoms with van der Waals surface area (Å²) in [5, 5.41) is 6.62. The van der Waals surface area contributed by atoms with Crippen LogP contribution < -0.4 is 5.32 Å². The third-order valence-corrected chi connectivity index (χ3v) is 7.38.